The van der Waals surface area contributed by atoms with E-state index in [2.05, 4.69) is 17.2 Å². The van der Waals surface area contributed by atoms with Gasteiger partial charge in [0.1, 0.15) is 11.4 Å². The number of rotatable bonds is 6. The molecular weight excluding hydrogens is 228 g/mol. The van der Waals surface area contributed by atoms with Crippen molar-refractivity contribution in [3.63, 3.8) is 0 Å². The Kier molecular flexibility index (Phi) is 4.18. The SMILES string of the molecule is CCOC(=O)c1cccnc1NCC(C)C1CC1. The fourth-order valence-electron chi connectivity index (χ4n) is 2.01. The lowest BCUT2D eigenvalue weighted by Crippen LogP contribution is -2.17. The first kappa shape index (κ1) is 12.9. The molecule has 4 nitrogen and oxygen atoms in total. The van der Waals surface area contributed by atoms with E-state index in [-0.39, 0.29) is 5.97 Å². The summed E-state index contributed by atoms with van der Waals surface area (Å²) in [6.07, 6.45) is 4.35. The maximum Gasteiger partial charge on any atom is 0.341 e. The van der Waals surface area contributed by atoms with Gasteiger partial charge >= 0.3 is 5.97 Å². The van der Waals surface area contributed by atoms with Crippen molar-refractivity contribution in [1.82, 2.24) is 4.98 Å². The molecule has 0 aliphatic heterocycles. The number of esters is 1. The van der Waals surface area contributed by atoms with Crippen molar-refractivity contribution < 1.29 is 9.53 Å². The van der Waals surface area contributed by atoms with Crippen LogP contribution >= 0.6 is 0 Å². The summed E-state index contributed by atoms with van der Waals surface area (Å²) in [5, 5.41) is 3.26. The van der Waals surface area contributed by atoms with Crippen molar-refractivity contribution >= 4 is 11.8 Å². The van der Waals surface area contributed by atoms with Crippen LogP contribution in [0.4, 0.5) is 5.82 Å². The zero-order chi connectivity index (χ0) is 13.0. The molecule has 0 spiro atoms. The fraction of sp³-hybridized carbons (Fsp3) is 0.571. The minimum Gasteiger partial charge on any atom is -0.462 e. The summed E-state index contributed by atoms with van der Waals surface area (Å²) in [7, 11) is 0. The largest absolute Gasteiger partial charge is 0.462 e. The fourth-order valence-corrected chi connectivity index (χ4v) is 2.01. The number of pyridine rings is 1. The van der Waals surface area contributed by atoms with E-state index in [4.69, 9.17) is 4.74 Å². The molecule has 0 radical (unpaired) electrons. The second-order valence-corrected chi connectivity index (χ2v) is 4.82. The Labute approximate surface area is 108 Å². The number of aromatic nitrogens is 1. The van der Waals surface area contributed by atoms with Gasteiger partial charge in [-0.15, -0.1) is 0 Å². The molecule has 1 N–H and O–H groups in total. The molecule has 0 saturated heterocycles. The average Bonchev–Trinajstić information content (AvgIpc) is 3.21. The Bertz CT molecular complexity index is 416. The number of hydrogen-bond acceptors (Lipinski definition) is 4. The minimum atomic E-state index is -0.313. The van der Waals surface area contributed by atoms with E-state index in [0.29, 0.717) is 23.9 Å². The Morgan fingerprint density at radius 2 is 2.39 bits per heavy atom. The molecule has 98 valence electrons. The number of carbonyl (C=O) groups excluding carboxylic acids is 1. The quantitative estimate of drug-likeness (QED) is 0.786. The molecule has 1 atom stereocenters. The molecule has 1 aliphatic rings. The summed E-state index contributed by atoms with van der Waals surface area (Å²) in [6.45, 7) is 5.27. The lowest BCUT2D eigenvalue weighted by atomic mass is 10.1. The number of anilines is 1. The summed E-state index contributed by atoms with van der Waals surface area (Å²) in [5.74, 6) is 1.78. The first-order valence-corrected chi connectivity index (χ1v) is 6.58. The molecule has 4 heteroatoms. The molecule has 1 aromatic rings. The minimum absolute atomic E-state index is 0.313. The molecule has 1 aromatic heterocycles. The van der Waals surface area contributed by atoms with Crippen molar-refractivity contribution in [2.75, 3.05) is 18.5 Å². The number of hydrogen-bond donors (Lipinski definition) is 1. The predicted octanol–water partition coefficient (Wildman–Crippen LogP) is 2.72. The highest BCUT2D eigenvalue weighted by molar-refractivity contribution is 5.94. The molecule has 1 aliphatic carbocycles. The highest BCUT2D eigenvalue weighted by Crippen LogP contribution is 2.36. The van der Waals surface area contributed by atoms with E-state index >= 15 is 0 Å². The van der Waals surface area contributed by atoms with E-state index in [0.717, 1.165) is 12.5 Å². The van der Waals surface area contributed by atoms with Gasteiger partial charge in [0.2, 0.25) is 0 Å². The summed E-state index contributed by atoms with van der Waals surface area (Å²) in [4.78, 5) is 16.0. The lowest BCUT2D eigenvalue weighted by Gasteiger charge is -2.14. The third-order valence-corrected chi connectivity index (χ3v) is 3.32. The lowest BCUT2D eigenvalue weighted by molar-refractivity contribution is 0.0527. The molecule has 1 unspecified atom stereocenters. The van der Waals surface area contributed by atoms with E-state index in [1.807, 2.05) is 0 Å². The summed E-state index contributed by atoms with van der Waals surface area (Å²) in [6, 6.07) is 3.50. The van der Waals surface area contributed by atoms with Crippen LogP contribution < -0.4 is 5.32 Å². The van der Waals surface area contributed by atoms with Crippen LogP contribution in [0.15, 0.2) is 18.3 Å². The van der Waals surface area contributed by atoms with Gasteiger partial charge in [-0.2, -0.15) is 0 Å². The maximum absolute atomic E-state index is 11.8. The summed E-state index contributed by atoms with van der Waals surface area (Å²) >= 11 is 0. The van der Waals surface area contributed by atoms with Crippen LogP contribution in [0, 0.1) is 11.8 Å². The molecule has 1 heterocycles. The molecule has 1 fully saturated rings. The maximum atomic E-state index is 11.8. The van der Waals surface area contributed by atoms with Gasteiger partial charge in [-0.05, 0) is 43.7 Å². The van der Waals surface area contributed by atoms with Gasteiger partial charge < -0.3 is 10.1 Å². The van der Waals surface area contributed by atoms with Crippen LogP contribution in [0.5, 0.6) is 0 Å². The van der Waals surface area contributed by atoms with E-state index in [9.17, 15) is 4.79 Å². The van der Waals surface area contributed by atoms with Crippen molar-refractivity contribution in [3.8, 4) is 0 Å². The number of ether oxygens (including phenoxy) is 1. The molecule has 0 aromatic carbocycles. The van der Waals surface area contributed by atoms with Gasteiger partial charge in [0.25, 0.3) is 0 Å². The van der Waals surface area contributed by atoms with E-state index in [1.165, 1.54) is 12.8 Å². The second-order valence-electron chi connectivity index (χ2n) is 4.82. The zero-order valence-corrected chi connectivity index (χ0v) is 11.0. The topological polar surface area (TPSA) is 51.2 Å². The van der Waals surface area contributed by atoms with Crippen LogP contribution in [0.3, 0.4) is 0 Å². The van der Waals surface area contributed by atoms with Crippen molar-refractivity contribution in [2.24, 2.45) is 11.8 Å². The van der Waals surface area contributed by atoms with Gasteiger partial charge in [-0.3, -0.25) is 0 Å². The van der Waals surface area contributed by atoms with Crippen LogP contribution in [-0.2, 0) is 4.74 Å². The van der Waals surface area contributed by atoms with Crippen LogP contribution in [0.2, 0.25) is 0 Å². The second kappa shape index (κ2) is 5.85. The van der Waals surface area contributed by atoms with Crippen molar-refractivity contribution in [3.05, 3.63) is 23.9 Å². The molecule has 2 rings (SSSR count). The molecular formula is C14H20N2O2. The van der Waals surface area contributed by atoms with Crippen molar-refractivity contribution in [2.45, 2.75) is 26.7 Å². The number of carbonyl (C=O) groups is 1. The first-order valence-electron chi connectivity index (χ1n) is 6.58. The highest BCUT2D eigenvalue weighted by Gasteiger charge is 2.27. The smallest absolute Gasteiger partial charge is 0.341 e. The van der Waals surface area contributed by atoms with Gasteiger partial charge in [0.05, 0.1) is 6.61 Å². The molecule has 18 heavy (non-hydrogen) atoms. The van der Waals surface area contributed by atoms with Crippen molar-refractivity contribution in [1.29, 1.82) is 0 Å². The van der Waals surface area contributed by atoms with Gasteiger partial charge in [0.15, 0.2) is 0 Å². The summed E-state index contributed by atoms with van der Waals surface area (Å²) in [5.41, 5.74) is 0.516. The Morgan fingerprint density at radius 3 is 3.06 bits per heavy atom. The predicted molar refractivity (Wildman–Crippen MR) is 70.6 cm³/mol. The standard InChI is InChI=1S/C14H20N2O2/c1-3-18-14(17)12-5-4-8-15-13(12)16-9-10(2)11-6-7-11/h4-5,8,10-11H,3,6-7,9H2,1-2H3,(H,15,16). The van der Waals surface area contributed by atoms with Gasteiger partial charge in [-0.25, -0.2) is 9.78 Å². The highest BCUT2D eigenvalue weighted by atomic mass is 16.5. The molecule has 1 saturated carbocycles. The van der Waals surface area contributed by atoms with E-state index in [1.54, 1.807) is 25.3 Å². The number of nitrogens with one attached hydrogen (secondary N) is 1. The van der Waals surface area contributed by atoms with Gasteiger partial charge in [0, 0.05) is 12.7 Å². The van der Waals surface area contributed by atoms with Crippen LogP contribution in [0.1, 0.15) is 37.0 Å². The first-order chi connectivity index (χ1) is 8.72. The van der Waals surface area contributed by atoms with Gasteiger partial charge in [-0.1, -0.05) is 6.92 Å². The zero-order valence-electron chi connectivity index (χ0n) is 11.0. The van der Waals surface area contributed by atoms with E-state index < -0.39 is 0 Å². The molecule has 0 bridgehead atoms. The normalized spacial score (nSPS) is 16.1. The Hall–Kier alpha value is -1.58. The number of nitrogens with zero attached hydrogens (tertiary/aromatic N) is 1. The van der Waals surface area contributed by atoms with Crippen LogP contribution in [-0.4, -0.2) is 24.1 Å². The summed E-state index contributed by atoms with van der Waals surface area (Å²) < 4.78 is 5.02. The van der Waals surface area contributed by atoms with Crippen LogP contribution in [0.25, 0.3) is 0 Å². The molecule has 0 amide bonds. The Morgan fingerprint density at radius 1 is 1.61 bits per heavy atom. The monoisotopic (exact) mass is 248 g/mol. The third kappa shape index (κ3) is 3.22. The Balaban J connectivity index is 1.99. The average molecular weight is 248 g/mol. The third-order valence-electron chi connectivity index (χ3n) is 3.32.